The van der Waals surface area contributed by atoms with Crippen LogP contribution in [0.2, 0.25) is 0 Å². The van der Waals surface area contributed by atoms with Crippen LogP contribution in [0.25, 0.3) is 10.9 Å². The number of H-pyrrole nitrogens is 1. The number of nitrogens with one attached hydrogen (secondary N) is 2. The lowest BCUT2D eigenvalue weighted by molar-refractivity contribution is 0.0857. The molecule has 1 aliphatic heterocycles. The SMILES string of the molecule is Cc1ccc2c(=O)c(C(=O)NC[C@H]3CCCO3)c[nH]c2c1. The van der Waals surface area contributed by atoms with E-state index in [9.17, 15) is 9.59 Å². The second-order valence-corrected chi connectivity index (χ2v) is 5.43. The van der Waals surface area contributed by atoms with Gasteiger partial charge in [-0.05, 0) is 37.5 Å². The molecule has 1 fully saturated rings. The van der Waals surface area contributed by atoms with Crippen LogP contribution in [0.1, 0.15) is 28.8 Å². The minimum atomic E-state index is -0.353. The molecular weight excluding hydrogens is 268 g/mol. The van der Waals surface area contributed by atoms with E-state index in [1.54, 1.807) is 6.07 Å². The first-order chi connectivity index (χ1) is 10.1. The van der Waals surface area contributed by atoms with E-state index in [0.717, 1.165) is 30.5 Å². The van der Waals surface area contributed by atoms with E-state index in [4.69, 9.17) is 4.74 Å². The maximum absolute atomic E-state index is 12.4. The first kappa shape index (κ1) is 13.8. The second-order valence-electron chi connectivity index (χ2n) is 5.43. The number of benzene rings is 1. The van der Waals surface area contributed by atoms with E-state index in [1.807, 2.05) is 19.1 Å². The highest BCUT2D eigenvalue weighted by atomic mass is 16.5. The third-order valence-electron chi connectivity index (χ3n) is 3.80. The van der Waals surface area contributed by atoms with E-state index < -0.39 is 0 Å². The van der Waals surface area contributed by atoms with Crippen molar-refractivity contribution < 1.29 is 9.53 Å². The van der Waals surface area contributed by atoms with E-state index in [1.165, 1.54) is 6.20 Å². The molecule has 2 heterocycles. The van der Waals surface area contributed by atoms with Gasteiger partial charge in [0.1, 0.15) is 5.56 Å². The van der Waals surface area contributed by atoms with Crippen LogP contribution >= 0.6 is 0 Å². The number of amides is 1. The number of aromatic amines is 1. The predicted octanol–water partition coefficient (Wildman–Crippen LogP) is 1.75. The summed E-state index contributed by atoms with van der Waals surface area (Å²) in [5, 5.41) is 3.31. The smallest absolute Gasteiger partial charge is 0.256 e. The van der Waals surface area contributed by atoms with Crippen LogP contribution in [0, 0.1) is 6.92 Å². The van der Waals surface area contributed by atoms with Crippen LogP contribution in [-0.2, 0) is 4.74 Å². The van der Waals surface area contributed by atoms with Gasteiger partial charge >= 0.3 is 0 Å². The number of aryl methyl sites for hydroxylation is 1. The zero-order valence-electron chi connectivity index (χ0n) is 11.9. The zero-order valence-corrected chi connectivity index (χ0v) is 11.9. The van der Waals surface area contributed by atoms with E-state index in [-0.39, 0.29) is 23.0 Å². The summed E-state index contributed by atoms with van der Waals surface area (Å²) >= 11 is 0. The summed E-state index contributed by atoms with van der Waals surface area (Å²) in [5.41, 5.74) is 1.71. The topological polar surface area (TPSA) is 71.2 Å². The van der Waals surface area contributed by atoms with Crippen LogP contribution in [0.4, 0.5) is 0 Å². The average molecular weight is 286 g/mol. The molecule has 0 saturated carbocycles. The first-order valence-corrected chi connectivity index (χ1v) is 7.17. The largest absolute Gasteiger partial charge is 0.376 e. The standard InChI is InChI=1S/C16H18N2O3/c1-10-4-5-12-14(7-10)17-9-13(15(12)19)16(20)18-8-11-3-2-6-21-11/h4-5,7,9,11H,2-3,6,8H2,1H3,(H,17,19)(H,18,20)/t11-/m1/s1. The summed E-state index contributed by atoms with van der Waals surface area (Å²) in [6.07, 6.45) is 3.52. The Morgan fingerprint density at radius 1 is 1.48 bits per heavy atom. The Morgan fingerprint density at radius 3 is 3.10 bits per heavy atom. The molecule has 1 amide bonds. The fraction of sp³-hybridized carbons (Fsp3) is 0.375. The van der Waals surface area contributed by atoms with Gasteiger partial charge < -0.3 is 15.0 Å². The van der Waals surface area contributed by atoms with Crippen molar-refractivity contribution in [3.63, 3.8) is 0 Å². The van der Waals surface area contributed by atoms with Crippen molar-refractivity contribution in [2.45, 2.75) is 25.9 Å². The van der Waals surface area contributed by atoms with Crippen molar-refractivity contribution in [2.75, 3.05) is 13.2 Å². The van der Waals surface area contributed by atoms with Crippen LogP contribution < -0.4 is 10.7 Å². The minimum Gasteiger partial charge on any atom is -0.376 e. The Bertz CT molecular complexity index is 730. The third kappa shape index (κ3) is 2.83. The van der Waals surface area contributed by atoms with Crippen molar-refractivity contribution in [2.24, 2.45) is 0 Å². The van der Waals surface area contributed by atoms with Crippen LogP contribution in [0.5, 0.6) is 0 Å². The molecule has 0 aliphatic carbocycles. The van der Waals surface area contributed by atoms with Crippen molar-refractivity contribution in [1.29, 1.82) is 0 Å². The molecule has 0 spiro atoms. The van der Waals surface area contributed by atoms with Gasteiger partial charge in [0.25, 0.3) is 5.91 Å². The number of carbonyl (C=O) groups is 1. The van der Waals surface area contributed by atoms with Gasteiger partial charge in [-0.15, -0.1) is 0 Å². The highest BCUT2D eigenvalue weighted by Gasteiger charge is 2.18. The molecule has 1 aromatic heterocycles. The van der Waals surface area contributed by atoms with E-state index >= 15 is 0 Å². The zero-order chi connectivity index (χ0) is 14.8. The maximum Gasteiger partial charge on any atom is 0.256 e. The van der Waals surface area contributed by atoms with Gasteiger partial charge in [0.15, 0.2) is 0 Å². The summed E-state index contributed by atoms with van der Waals surface area (Å²) in [7, 11) is 0. The lowest BCUT2D eigenvalue weighted by atomic mass is 10.1. The second kappa shape index (κ2) is 5.69. The molecule has 1 aromatic carbocycles. The van der Waals surface area contributed by atoms with Crippen LogP contribution in [0.3, 0.4) is 0 Å². The molecule has 2 aromatic rings. The molecule has 1 aliphatic rings. The summed E-state index contributed by atoms with van der Waals surface area (Å²) in [5.74, 6) is -0.353. The summed E-state index contributed by atoms with van der Waals surface area (Å²) in [6, 6.07) is 5.51. The Kier molecular flexibility index (Phi) is 3.75. The van der Waals surface area contributed by atoms with Gasteiger partial charge in [0.05, 0.1) is 6.10 Å². The Hall–Kier alpha value is -2.14. The van der Waals surface area contributed by atoms with Gasteiger partial charge in [0, 0.05) is 30.3 Å². The van der Waals surface area contributed by atoms with Crippen molar-refractivity contribution in [1.82, 2.24) is 10.3 Å². The predicted molar refractivity (Wildman–Crippen MR) is 80.6 cm³/mol. The van der Waals surface area contributed by atoms with Gasteiger partial charge in [-0.2, -0.15) is 0 Å². The quantitative estimate of drug-likeness (QED) is 0.903. The minimum absolute atomic E-state index is 0.0659. The number of rotatable bonds is 3. The first-order valence-electron chi connectivity index (χ1n) is 7.17. The molecule has 0 radical (unpaired) electrons. The van der Waals surface area contributed by atoms with Crippen molar-refractivity contribution in [3.8, 4) is 0 Å². The van der Waals surface area contributed by atoms with Crippen molar-refractivity contribution >= 4 is 16.8 Å². The lowest BCUT2D eigenvalue weighted by Gasteiger charge is -2.10. The summed E-state index contributed by atoms with van der Waals surface area (Å²) in [6.45, 7) is 3.15. The Balaban J connectivity index is 1.82. The molecule has 5 heteroatoms. The molecule has 21 heavy (non-hydrogen) atoms. The average Bonchev–Trinajstić information content (AvgIpc) is 2.98. The monoisotopic (exact) mass is 286 g/mol. The fourth-order valence-electron chi connectivity index (χ4n) is 2.61. The lowest BCUT2D eigenvalue weighted by Crippen LogP contribution is -2.34. The molecule has 110 valence electrons. The molecule has 1 saturated heterocycles. The number of pyridine rings is 1. The molecule has 2 N–H and O–H groups in total. The molecular formula is C16H18N2O3. The molecule has 0 unspecified atom stereocenters. The van der Waals surface area contributed by atoms with Gasteiger partial charge in [-0.1, -0.05) is 6.07 Å². The fourth-order valence-corrected chi connectivity index (χ4v) is 2.61. The summed E-state index contributed by atoms with van der Waals surface area (Å²) < 4.78 is 5.45. The molecule has 1 atom stereocenters. The Morgan fingerprint density at radius 2 is 2.33 bits per heavy atom. The van der Waals surface area contributed by atoms with Gasteiger partial charge in [-0.3, -0.25) is 9.59 Å². The third-order valence-corrected chi connectivity index (χ3v) is 3.80. The summed E-state index contributed by atoms with van der Waals surface area (Å²) in [4.78, 5) is 27.5. The number of carbonyl (C=O) groups excluding carboxylic acids is 1. The number of hydrogen-bond acceptors (Lipinski definition) is 3. The molecule has 0 bridgehead atoms. The molecule has 3 rings (SSSR count). The van der Waals surface area contributed by atoms with E-state index in [2.05, 4.69) is 10.3 Å². The van der Waals surface area contributed by atoms with Crippen LogP contribution in [0.15, 0.2) is 29.2 Å². The number of aromatic nitrogens is 1. The number of fused-ring (bicyclic) bond motifs is 1. The number of hydrogen-bond donors (Lipinski definition) is 2. The molecule has 5 nitrogen and oxygen atoms in total. The van der Waals surface area contributed by atoms with Gasteiger partial charge in [0.2, 0.25) is 5.43 Å². The van der Waals surface area contributed by atoms with Gasteiger partial charge in [-0.25, -0.2) is 0 Å². The van der Waals surface area contributed by atoms with Crippen LogP contribution in [-0.4, -0.2) is 30.1 Å². The maximum atomic E-state index is 12.4. The van der Waals surface area contributed by atoms with E-state index in [0.29, 0.717) is 11.9 Å². The number of ether oxygens (including phenoxy) is 1. The van der Waals surface area contributed by atoms with Crippen molar-refractivity contribution in [3.05, 3.63) is 45.7 Å². The highest BCUT2D eigenvalue weighted by Crippen LogP contribution is 2.12. The Labute approximate surface area is 122 Å². The highest BCUT2D eigenvalue weighted by molar-refractivity contribution is 5.97. The normalized spacial score (nSPS) is 18.0.